The zero-order valence-corrected chi connectivity index (χ0v) is 7.22. The second kappa shape index (κ2) is 2.89. The van der Waals surface area contributed by atoms with Crippen molar-refractivity contribution in [2.45, 2.75) is 20.3 Å². The summed E-state index contributed by atoms with van der Waals surface area (Å²) in [4.78, 5) is 0. The summed E-state index contributed by atoms with van der Waals surface area (Å²) < 4.78 is 0. The molecule has 0 radical (unpaired) electrons. The molecule has 1 aliphatic rings. The van der Waals surface area contributed by atoms with Crippen LogP contribution in [0.15, 0.2) is 0 Å². The topological polar surface area (TPSA) is 12.0 Å². The molecule has 2 heteroatoms. The van der Waals surface area contributed by atoms with Gasteiger partial charge in [0.25, 0.3) is 0 Å². The molecule has 0 aromatic rings. The van der Waals surface area contributed by atoms with Crippen LogP contribution in [0.1, 0.15) is 20.3 Å². The molecule has 0 bridgehead atoms. The lowest BCUT2D eigenvalue weighted by molar-refractivity contribution is 0.539. The minimum absolute atomic E-state index is 0. The summed E-state index contributed by atoms with van der Waals surface area (Å²) in [6.07, 6.45) is 1.41. The molecule has 1 atom stereocenters. The number of rotatable bonds is 2. The molecule has 56 valence electrons. The minimum atomic E-state index is 0. The van der Waals surface area contributed by atoms with E-state index in [0.717, 1.165) is 5.92 Å². The molecule has 1 saturated carbocycles. The smallest absolute Gasteiger partial charge is 0.00182 e. The number of nitrogens with one attached hydrogen (secondary N) is 1. The summed E-state index contributed by atoms with van der Waals surface area (Å²) in [5.74, 6) is 0.951. The zero-order valence-electron chi connectivity index (χ0n) is 6.40. The Kier molecular flexibility index (Phi) is 2.97. The van der Waals surface area contributed by atoms with Crippen molar-refractivity contribution in [3.63, 3.8) is 0 Å². The highest BCUT2D eigenvalue weighted by atomic mass is 35.5. The van der Waals surface area contributed by atoms with Gasteiger partial charge < -0.3 is 5.32 Å². The molecule has 1 aliphatic carbocycles. The van der Waals surface area contributed by atoms with Gasteiger partial charge in [0, 0.05) is 0 Å². The van der Waals surface area contributed by atoms with E-state index in [1.165, 1.54) is 13.0 Å². The quantitative estimate of drug-likeness (QED) is 0.630. The molecule has 1 N–H and O–H groups in total. The Labute approximate surface area is 63.6 Å². The van der Waals surface area contributed by atoms with Crippen LogP contribution in [-0.2, 0) is 0 Å². The van der Waals surface area contributed by atoms with Crippen molar-refractivity contribution < 1.29 is 0 Å². The van der Waals surface area contributed by atoms with E-state index in [2.05, 4.69) is 19.2 Å². The average molecular weight is 150 g/mol. The molecule has 0 aromatic heterocycles. The molecule has 9 heavy (non-hydrogen) atoms. The summed E-state index contributed by atoms with van der Waals surface area (Å²) in [5, 5.41) is 3.19. The van der Waals surface area contributed by atoms with Gasteiger partial charge in [0.2, 0.25) is 0 Å². The predicted molar refractivity (Wildman–Crippen MR) is 43.1 cm³/mol. The Bertz CT molecular complexity index is 90.9. The molecular weight excluding hydrogens is 134 g/mol. The van der Waals surface area contributed by atoms with Crippen LogP contribution in [0, 0.1) is 11.3 Å². The lowest BCUT2D eigenvalue weighted by Crippen LogP contribution is -2.12. The maximum Gasteiger partial charge on any atom is -0.00182 e. The van der Waals surface area contributed by atoms with Crippen molar-refractivity contribution in [3.8, 4) is 0 Å². The molecule has 1 fully saturated rings. The van der Waals surface area contributed by atoms with Gasteiger partial charge in [-0.05, 0) is 31.3 Å². The first-order valence-corrected chi connectivity index (χ1v) is 3.31. The highest BCUT2D eigenvalue weighted by molar-refractivity contribution is 5.85. The normalized spacial score (nSPS) is 29.0. The molecule has 1 unspecified atom stereocenters. The molecule has 1 rings (SSSR count). The van der Waals surface area contributed by atoms with Crippen molar-refractivity contribution in [2.24, 2.45) is 11.3 Å². The van der Waals surface area contributed by atoms with Gasteiger partial charge in [-0.25, -0.2) is 0 Å². The van der Waals surface area contributed by atoms with Gasteiger partial charge in [0.05, 0.1) is 0 Å². The fourth-order valence-electron chi connectivity index (χ4n) is 1.17. The van der Waals surface area contributed by atoms with E-state index in [0.29, 0.717) is 5.41 Å². The molecule has 0 amide bonds. The van der Waals surface area contributed by atoms with Crippen LogP contribution in [0.25, 0.3) is 0 Å². The first kappa shape index (κ1) is 9.25. The first-order chi connectivity index (χ1) is 3.67. The van der Waals surface area contributed by atoms with Crippen molar-refractivity contribution >= 4 is 12.4 Å². The number of hydrogen-bond donors (Lipinski definition) is 1. The largest absolute Gasteiger partial charge is 0.319 e. The molecular formula is C7H16ClN. The minimum Gasteiger partial charge on any atom is -0.319 e. The van der Waals surface area contributed by atoms with Crippen molar-refractivity contribution in [1.29, 1.82) is 0 Å². The van der Waals surface area contributed by atoms with E-state index in [4.69, 9.17) is 0 Å². The van der Waals surface area contributed by atoms with Crippen LogP contribution in [-0.4, -0.2) is 13.6 Å². The van der Waals surface area contributed by atoms with Gasteiger partial charge in [-0.1, -0.05) is 13.8 Å². The van der Waals surface area contributed by atoms with E-state index >= 15 is 0 Å². The van der Waals surface area contributed by atoms with Gasteiger partial charge in [-0.3, -0.25) is 0 Å². The van der Waals surface area contributed by atoms with E-state index in [9.17, 15) is 0 Å². The maximum atomic E-state index is 3.19. The number of halogens is 1. The fraction of sp³-hybridized carbons (Fsp3) is 1.00. The predicted octanol–water partition coefficient (Wildman–Crippen LogP) is 1.67. The van der Waals surface area contributed by atoms with Crippen LogP contribution in [0.3, 0.4) is 0 Å². The third-order valence-electron chi connectivity index (χ3n) is 2.17. The summed E-state index contributed by atoms with van der Waals surface area (Å²) in [5.41, 5.74) is 0.656. The Balaban J connectivity index is 0.000000640. The summed E-state index contributed by atoms with van der Waals surface area (Å²) in [6.45, 7) is 5.86. The maximum absolute atomic E-state index is 3.19. The van der Waals surface area contributed by atoms with E-state index in [1.54, 1.807) is 0 Å². The highest BCUT2D eigenvalue weighted by Crippen LogP contribution is 2.50. The Morgan fingerprint density at radius 2 is 2.00 bits per heavy atom. The lowest BCUT2D eigenvalue weighted by Gasteiger charge is -1.99. The third kappa shape index (κ3) is 2.15. The number of hydrogen-bond acceptors (Lipinski definition) is 1. The average Bonchev–Trinajstić information content (AvgIpc) is 2.15. The van der Waals surface area contributed by atoms with E-state index < -0.39 is 0 Å². The fourth-order valence-corrected chi connectivity index (χ4v) is 1.17. The molecule has 0 heterocycles. The van der Waals surface area contributed by atoms with Gasteiger partial charge >= 0.3 is 0 Å². The third-order valence-corrected chi connectivity index (χ3v) is 2.17. The second-order valence-corrected chi connectivity index (χ2v) is 3.45. The van der Waals surface area contributed by atoms with Crippen molar-refractivity contribution in [2.75, 3.05) is 13.6 Å². The van der Waals surface area contributed by atoms with Crippen molar-refractivity contribution in [1.82, 2.24) is 5.32 Å². The molecule has 0 spiro atoms. The van der Waals surface area contributed by atoms with Gasteiger partial charge in [-0.2, -0.15) is 0 Å². The summed E-state index contributed by atoms with van der Waals surface area (Å²) >= 11 is 0. The van der Waals surface area contributed by atoms with Gasteiger partial charge in [0.15, 0.2) is 0 Å². The highest BCUT2D eigenvalue weighted by Gasteiger charge is 2.44. The molecule has 0 saturated heterocycles. The Morgan fingerprint density at radius 3 is 2.11 bits per heavy atom. The van der Waals surface area contributed by atoms with Crippen LogP contribution < -0.4 is 5.32 Å². The van der Waals surface area contributed by atoms with E-state index in [1.807, 2.05) is 7.05 Å². The molecule has 0 aliphatic heterocycles. The van der Waals surface area contributed by atoms with Gasteiger partial charge in [-0.15, -0.1) is 12.4 Å². The lowest BCUT2D eigenvalue weighted by atomic mass is 10.1. The summed E-state index contributed by atoms with van der Waals surface area (Å²) in [7, 11) is 2.02. The zero-order chi connectivity index (χ0) is 6.20. The first-order valence-electron chi connectivity index (χ1n) is 3.31. The van der Waals surface area contributed by atoms with Crippen LogP contribution >= 0.6 is 12.4 Å². The standard InChI is InChI=1S/C7H15N.ClH/c1-7(2)4-6(7)5-8-3;/h6,8H,4-5H2,1-3H3;1H. The SMILES string of the molecule is CNCC1CC1(C)C.Cl. The molecule has 1 nitrogen and oxygen atoms in total. The Hall–Kier alpha value is 0.250. The van der Waals surface area contributed by atoms with Crippen LogP contribution in [0.4, 0.5) is 0 Å². The van der Waals surface area contributed by atoms with Crippen LogP contribution in [0.2, 0.25) is 0 Å². The van der Waals surface area contributed by atoms with Crippen LogP contribution in [0.5, 0.6) is 0 Å². The van der Waals surface area contributed by atoms with Crippen molar-refractivity contribution in [3.05, 3.63) is 0 Å². The monoisotopic (exact) mass is 149 g/mol. The van der Waals surface area contributed by atoms with E-state index in [-0.39, 0.29) is 12.4 Å². The Morgan fingerprint density at radius 1 is 1.56 bits per heavy atom. The molecule has 0 aromatic carbocycles. The van der Waals surface area contributed by atoms with Gasteiger partial charge in [0.1, 0.15) is 0 Å². The summed E-state index contributed by atoms with van der Waals surface area (Å²) in [6, 6.07) is 0. The second-order valence-electron chi connectivity index (χ2n) is 3.45.